The number of benzene rings is 3. The van der Waals surface area contributed by atoms with Crippen LogP contribution in [0.2, 0.25) is 0 Å². The summed E-state index contributed by atoms with van der Waals surface area (Å²) >= 11 is 1.84. The van der Waals surface area contributed by atoms with E-state index in [4.69, 9.17) is 0 Å². The van der Waals surface area contributed by atoms with Gasteiger partial charge in [-0.15, -0.1) is 11.8 Å². The molecule has 3 nitrogen and oxygen atoms in total. The van der Waals surface area contributed by atoms with E-state index in [9.17, 15) is 4.79 Å². The molecule has 1 amide bonds. The lowest BCUT2D eigenvalue weighted by atomic mass is 10.1. The van der Waals surface area contributed by atoms with Crippen LogP contribution in [0.3, 0.4) is 0 Å². The van der Waals surface area contributed by atoms with Crippen molar-refractivity contribution in [3.63, 3.8) is 0 Å². The average molecular weight is 403 g/mol. The molecule has 0 saturated heterocycles. The predicted molar refractivity (Wildman–Crippen MR) is 123 cm³/mol. The molecule has 4 heteroatoms. The Balaban J connectivity index is 1.62. The molecule has 1 heterocycles. The van der Waals surface area contributed by atoms with Gasteiger partial charge in [0.1, 0.15) is 6.54 Å². The maximum atomic E-state index is 12.7. The second kappa shape index (κ2) is 8.75. The van der Waals surface area contributed by atoms with Gasteiger partial charge in [-0.1, -0.05) is 60.7 Å². The van der Waals surface area contributed by atoms with Gasteiger partial charge in [0.25, 0.3) is 0 Å². The quantitative estimate of drug-likeness (QED) is 0.357. The number of hydrogen-bond donors (Lipinski definition) is 0. The highest BCUT2D eigenvalue weighted by molar-refractivity contribution is 7.98. The maximum Gasteiger partial charge on any atom is 0.242 e. The summed E-state index contributed by atoms with van der Waals surface area (Å²) in [6, 6.07) is 23.4. The van der Waals surface area contributed by atoms with Crippen molar-refractivity contribution >= 4 is 39.3 Å². The standard InChI is InChI=1S/C25H26N2OS/c1-3-26(4-2)25(28)17-27-16-24(22-14-7-8-15-23(22)27)29-18-20-12-9-11-19-10-5-6-13-21(19)20/h5-16H,3-4,17-18H2,1-2H3. The first-order valence-electron chi connectivity index (χ1n) is 10.2. The molecule has 148 valence electrons. The fraction of sp³-hybridized carbons (Fsp3) is 0.240. The number of thioether (sulfide) groups is 1. The van der Waals surface area contributed by atoms with Crippen molar-refractivity contribution in [2.45, 2.75) is 31.0 Å². The zero-order chi connectivity index (χ0) is 20.2. The second-order valence-corrected chi connectivity index (χ2v) is 8.15. The first kappa shape index (κ1) is 19.6. The maximum absolute atomic E-state index is 12.7. The van der Waals surface area contributed by atoms with E-state index in [2.05, 4.69) is 71.4 Å². The molecule has 0 aliphatic carbocycles. The van der Waals surface area contributed by atoms with E-state index in [1.807, 2.05) is 36.6 Å². The molecule has 1 aromatic heterocycles. The summed E-state index contributed by atoms with van der Waals surface area (Å²) in [6.45, 7) is 5.94. The minimum atomic E-state index is 0.168. The van der Waals surface area contributed by atoms with E-state index in [0.717, 1.165) is 24.4 Å². The lowest BCUT2D eigenvalue weighted by Gasteiger charge is -2.19. The molecule has 0 aliphatic heterocycles. The van der Waals surface area contributed by atoms with Crippen molar-refractivity contribution in [3.8, 4) is 0 Å². The van der Waals surface area contributed by atoms with Crippen LogP contribution in [-0.2, 0) is 17.1 Å². The van der Waals surface area contributed by atoms with Gasteiger partial charge in [-0.2, -0.15) is 0 Å². The smallest absolute Gasteiger partial charge is 0.242 e. The van der Waals surface area contributed by atoms with Crippen molar-refractivity contribution in [3.05, 3.63) is 78.5 Å². The van der Waals surface area contributed by atoms with Crippen LogP contribution >= 0.6 is 11.8 Å². The third kappa shape index (κ3) is 4.03. The molecule has 0 N–H and O–H groups in total. The summed E-state index contributed by atoms with van der Waals surface area (Å²) in [7, 11) is 0. The van der Waals surface area contributed by atoms with Gasteiger partial charge in [-0.25, -0.2) is 0 Å². The summed E-state index contributed by atoms with van der Waals surface area (Å²) in [5.74, 6) is 1.07. The third-order valence-electron chi connectivity index (χ3n) is 5.44. The summed E-state index contributed by atoms with van der Waals surface area (Å²) in [6.07, 6.45) is 2.14. The Bertz CT molecular complexity index is 1140. The van der Waals surface area contributed by atoms with E-state index in [-0.39, 0.29) is 5.91 Å². The Hall–Kier alpha value is -2.72. The molecular weight excluding hydrogens is 376 g/mol. The molecule has 0 radical (unpaired) electrons. The van der Waals surface area contributed by atoms with Gasteiger partial charge in [-0.3, -0.25) is 4.79 Å². The number of nitrogens with zero attached hydrogens (tertiary/aromatic N) is 2. The van der Waals surface area contributed by atoms with Crippen LogP contribution in [-0.4, -0.2) is 28.5 Å². The lowest BCUT2D eigenvalue weighted by molar-refractivity contribution is -0.131. The van der Waals surface area contributed by atoms with Gasteiger partial charge >= 0.3 is 0 Å². The van der Waals surface area contributed by atoms with Crippen LogP contribution in [0.1, 0.15) is 19.4 Å². The minimum absolute atomic E-state index is 0.168. The minimum Gasteiger partial charge on any atom is -0.342 e. The molecule has 3 aromatic carbocycles. The fourth-order valence-corrected chi connectivity index (χ4v) is 4.95. The Morgan fingerprint density at radius 1 is 0.897 bits per heavy atom. The summed E-state index contributed by atoms with van der Waals surface area (Å²) < 4.78 is 2.10. The molecule has 4 aromatic rings. The molecule has 4 rings (SSSR count). The Morgan fingerprint density at radius 2 is 1.59 bits per heavy atom. The first-order chi connectivity index (χ1) is 14.2. The highest BCUT2D eigenvalue weighted by atomic mass is 32.2. The number of rotatable bonds is 7. The van der Waals surface area contributed by atoms with E-state index < -0.39 is 0 Å². The van der Waals surface area contributed by atoms with Crippen LogP contribution in [0.25, 0.3) is 21.7 Å². The Labute approximate surface area is 176 Å². The zero-order valence-corrected chi connectivity index (χ0v) is 17.8. The fourth-order valence-electron chi connectivity index (χ4n) is 3.85. The number of amides is 1. The van der Waals surface area contributed by atoms with Crippen LogP contribution in [0.4, 0.5) is 0 Å². The Morgan fingerprint density at radius 3 is 2.38 bits per heavy atom. The van der Waals surface area contributed by atoms with E-state index >= 15 is 0 Å². The molecule has 0 aliphatic rings. The van der Waals surface area contributed by atoms with Crippen LogP contribution < -0.4 is 0 Å². The van der Waals surface area contributed by atoms with Crippen molar-refractivity contribution in [2.75, 3.05) is 13.1 Å². The van der Waals surface area contributed by atoms with E-state index in [1.165, 1.54) is 26.6 Å². The molecule has 0 bridgehead atoms. The molecule has 0 atom stereocenters. The van der Waals surface area contributed by atoms with Crippen molar-refractivity contribution in [1.29, 1.82) is 0 Å². The van der Waals surface area contributed by atoms with Gasteiger partial charge in [0.05, 0.1) is 0 Å². The molecule has 0 unspecified atom stereocenters. The normalized spacial score (nSPS) is 11.2. The van der Waals surface area contributed by atoms with Crippen molar-refractivity contribution in [1.82, 2.24) is 9.47 Å². The average Bonchev–Trinajstić information content (AvgIpc) is 3.10. The summed E-state index contributed by atoms with van der Waals surface area (Å²) in [4.78, 5) is 15.8. The Kier molecular flexibility index (Phi) is 5.91. The highest BCUT2D eigenvalue weighted by Crippen LogP contribution is 2.33. The number of hydrogen-bond acceptors (Lipinski definition) is 2. The van der Waals surface area contributed by atoms with Crippen molar-refractivity contribution in [2.24, 2.45) is 0 Å². The predicted octanol–water partition coefficient (Wildman–Crippen LogP) is 5.96. The van der Waals surface area contributed by atoms with Crippen LogP contribution in [0, 0.1) is 0 Å². The largest absolute Gasteiger partial charge is 0.342 e. The number of fused-ring (bicyclic) bond motifs is 2. The van der Waals surface area contributed by atoms with Gasteiger partial charge in [0, 0.05) is 40.8 Å². The molecular formula is C25H26N2OS. The molecule has 0 fully saturated rings. The number of carbonyl (C=O) groups is 1. The SMILES string of the molecule is CCN(CC)C(=O)Cn1cc(SCc2cccc3ccccc23)c2ccccc21. The van der Waals surface area contributed by atoms with E-state index in [0.29, 0.717) is 6.54 Å². The zero-order valence-electron chi connectivity index (χ0n) is 17.0. The van der Waals surface area contributed by atoms with Gasteiger partial charge in [0.15, 0.2) is 0 Å². The first-order valence-corrected chi connectivity index (χ1v) is 11.1. The second-order valence-electron chi connectivity index (χ2n) is 7.13. The van der Waals surface area contributed by atoms with Crippen LogP contribution in [0.15, 0.2) is 77.8 Å². The van der Waals surface area contributed by atoms with E-state index in [1.54, 1.807) is 0 Å². The van der Waals surface area contributed by atoms with Crippen LogP contribution in [0.5, 0.6) is 0 Å². The molecule has 0 saturated carbocycles. The third-order valence-corrected chi connectivity index (χ3v) is 6.53. The summed E-state index contributed by atoms with van der Waals surface area (Å²) in [5, 5.41) is 3.80. The molecule has 29 heavy (non-hydrogen) atoms. The number of likely N-dealkylation sites (N-methyl/N-ethyl adjacent to an activating group) is 1. The van der Waals surface area contributed by atoms with Crippen molar-refractivity contribution < 1.29 is 4.79 Å². The van der Waals surface area contributed by atoms with Gasteiger partial charge in [-0.05, 0) is 36.2 Å². The lowest BCUT2D eigenvalue weighted by Crippen LogP contribution is -2.33. The number of aromatic nitrogens is 1. The highest BCUT2D eigenvalue weighted by Gasteiger charge is 2.15. The number of carbonyl (C=O) groups excluding carboxylic acids is 1. The summed E-state index contributed by atoms with van der Waals surface area (Å²) in [5.41, 5.74) is 2.46. The monoisotopic (exact) mass is 402 g/mol. The van der Waals surface area contributed by atoms with Gasteiger partial charge < -0.3 is 9.47 Å². The topological polar surface area (TPSA) is 25.2 Å². The molecule has 0 spiro atoms. The number of para-hydroxylation sites is 1. The van der Waals surface area contributed by atoms with Gasteiger partial charge in [0.2, 0.25) is 5.91 Å².